The lowest BCUT2D eigenvalue weighted by molar-refractivity contribution is 0.974. The molecular formula is C7H8NS-. The number of aromatic nitrogens is 1. The normalized spacial score (nSPS) is 9.44. The summed E-state index contributed by atoms with van der Waals surface area (Å²) in [5.74, 6) is 0. The third-order valence-corrected chi connectivity index (χ3v) is 1.37. The zero-order valence-electron chi connectivity index (χ0n) is 5.29. The highest BCUT2D eigenvalue weighted by molar-refractivity contribution is 7.58. The molecule has 0 amide bonds. The van der Waals surface area contributed by atoms with Crippen molar-refractivity contribution in [3.63, 3.8) is 0 Å². The summed E-state index contributed by atoms with van der Waals surface area (Å²) in [5.41, 5.74) is 1.07. The van der Waals surface area contributed by atoms with Crippen LogP contribution in [0.3, 0.4) is 0 Å². The van der Waals surface area contributed by atoms with E-state index in [1.54, 1.807) is 0 Å². The zero-order chi connectivity index (χ0) is 6.69. The second-order valence-electron chi connectivity index (χ2n) is 1.82. The van der Waals surface area contributed by atoms with Crippen LogP contribution in [0.4, 0.5) is 0 Å². The smallest absolute Gasteiger partial charge is 0.0382 e. The van der Waals surface area contributed by atoms with Crippen LogP contribution >= 0.6 is 0 Å². The molecule has 0 N–H and O–H groups in total. The van der Waals surface area contributed by atoms with Gasteiger partial charge in [0.2, 0.25) is 0 Å². The SMILES string of the molecule is CCc1cccc([S-])n1. The quantitative estimate of drug-likeness (QED) is 0.546. The number of hydrogen-bond acceptors (Lipinski definition) is 2. The van der Waals surface area contributed by atoms with E-state index in [4.69, 9.17) is 12.6 Å². The van der Waals surface area contributed by atoms with E-state index in [1.165, 1.54) is 0 Å². The van der Waals surface area contributed by atoms with Crippen LogP contribution in [0.25, 0.3) is 0 Å². The molecule has 0 spiro atoms. The molecule has 0 aromatic carbocycles. The lowest BCUT2D eigenvalue weighted by Crippen LogP contribution is -1.86. The molecular weight excluding hydrogens is 130 g/mol. The first-order chi connectivity index (χ1) is 4.33. The number of rotatable bonds is 1. The average molecular weight is 138 g/mol. The Kier molecular flexibility index (Phi) is 2.01. The molecule has 1 aromatic rings. The number of pyridine rings is 1. The molecule has 1 nitrogen and oxygen atoms in total. The van der Waals surface area contributed by atoms with Crippen molar-refractivity contribution in [3.05, 3.63) is 23.9 Å². The summed E-state index contributed by atoms with van der Waals surface area (Å²) in [6.45, 7) is 2.07. The summed E-state index contributed by atoms with van der Waals surface area (Å²) in [6, 6.07) is 5.75. The van der Waals surface area contributed by atoms with E-state index in [0.29, 0.717) is 5.03 Å². The van der Waals surface area contributed by atoms with Crippen LogP contribution in [0, 0.1) is 0 Å². The number of nitrogens with zero attached hydrogens (tertiary/aromatic N) is 1. The van der Waals surface area contributed by atoms with Gasteiger partial charge in [-0.25, -0.2) is 0 Å². The van der Waals surface area contributed by atoms with Crippen LogP contribution in [-0.4, -0.2) is 4.98 Å². The van der Waals surface area contributed by atoms with Crippen molar-refractivity contribution in [2.24, 2.45) is 0 Å². The lowest BCUT2D eigenvalue weighted by atomic mass is 10.3. The molecule has 1 aromatic heterocycles. The average Bonchev–Trinajstić information content (AvgIpc) is 1.88. The maximum Gasteiger partial charge on any atom is 0.0382 e. The Morgan fingerprint density at radius 3 is 2.78 bits per heavy atom. The fourth-order valence-electron chi connectivity index (χ4n) is 0.654. The van der Waals surface area contributed by atoms with Crippen molar-refractivity contribution in [2.75, 3.05) is 0 Å². The third-order valence-electron chi connectivity index (χ3n) is 1.14. The Bertz CT molecular complexity index is 198. The fraction of sp³-hybridized carbons (Fsp3) is 0.286. The Morgan fingerprint density at radius 2 is 2.33 bits per heavy atom. The Morgan fingerprint density at radius 1 is 1.56 bits per heavy atom. The number of hydrogen-bond donors (Lipinski definition) is 0. The van der Waals surface area contributed by atoms with E-state index >= 15 is 0 Å². The van der Waals surface area contributed by atoms with Crippen molar-refractivity contribution in [1.29, 1.82) is 0 Å². The zero-order valence-corrected chi connectivity index (χ0v) is 6.11. The van der Waals surface area contributed by atoms with Gasteiger partial charge in [0.25, 0.3) is 0 Å². The standard InChI is InChI=1S/C7H9NS/c1-2-6-4-3-5-7(9)8-6/h3-5H,2H2,1H3,(H,8,9)/p-1. The van der Waals surface area contributed by atoms with E-state index in [-0.39, 0.29) is 0 Å². The molecule has 0 atom stereocenters. The lowest BCUT2D eigenvalue weighted by Gasteiger charge is -2.03. The van der Waals surface area contributed by atoms with Gasteiger partial charge in [-0.1, -0.05) is 24.1 Å². The van der Waals surface area contributed by atoms with Crippen LogP contribution in [0.15, 0.2) is 23.2 Å². The second kappa shape index (κ2) is 2.78. The van der Waals surface area contributed by atoms with Gasteiger partial charge in [-0.3, -0.25) is 4.98 Å². The van der Waals surface area contributed by atoms with Gasteiger partial charge >= 0.3 is 0 Å². The van der Waals surface area contributed by atoms with Crippen LogP contribution in [0.2, 0.25) is 0 Å². The van der Waals surface area contributed by atoms with Gasteiger partial charge in [-0.15, -0.1) is 0 Å². The van der Waals surface area contributed by atoms with Crippen molar-refractivity contribution in [1.82, 2.24) is 4.98 Å². The summed E-state index contributed by atoms with van der Waals surface area (Å²) in [5, 5.41) is 0.689. The van der Waals surface area contributed by atoms with E-state index in [2.05, 4.69) is 11.9 Å². The van der Waals surface area contributed by atoms with Gasteiger partial charge in [0.15, 0.2) is 0 Å². The van der Waals surface area contributed by atoms with Crippen molar-refractivity contribution >= 4 is 12.6 Å². The minimum absolute atomic E-state index is 0.689. The third kappa shape index (κ3) is 1.64. The van der Waals surface area contributed by atoms with Gasteiger partial charge in [0, 0.05) is 5.69 Å². The molecule has 0 saturated carbocycles. The molecule has 0 aliphatic rings. The van der Waals surface area contributed by atoms with Crippen LogP contribution in [0.1, 0.15) is 12.6 Å². The van der Waals surface area contributed by atoms with Crippen LogP contribution in [0.5, 0.6) is 0 Å². The predicted molar refractivity (Wildman–Crippen MR) is 39.2 cm³/mol. The second-order valence-corrected chi connectivity index (χ2v) is 2.24. The highest BCUT2D eigenvalue weighted by atomic mass is 32.1. The molecule has 2 heteroatoms. The molecule has 0 unspecified atom stereocenters. The van der Waals surface area contributed by atoms with Crippen molar-refractivity contribution in [3.8, 4) is 0 Å². The minimum atomic E-state index is 0.689. The highest BCUT2D eigenvalue weighted by Crippen LogP contribution is 1.97. The predicted octanol–water partition coefficient (Wildman–Crippen LogP) is 1.55. The van der Waals surface area contributed by atoms with E-state index in [0.717, 1.165) is 12.1 Å². The Labute approximate surface area is 60.5 Å². The molecule has 0 aliphatic carbocycles. The van der Waals surface area contributed by atoms with Crippen molar-refractivity contribution in [2.45, 2.75) is 18.4 Å². The first kappa shape index (κ1) is 6.49. The van der Waals surface area contributed by atoms with Gasteiger partial charge < -0.3 is 12.6 Å². The molecule has 0 fully saturated rings. The monoisotopic (exact) mass is 138 g/mol. The Hall–Kier alpha value is -0.630. The molecule has 1 heterocycles. The first-order valence-corrected chi connectivity index (χ1v) is 3.36. The minimum Gasteiger partial charge on any atom is -0.760 e. The van der Waals surface area contributed by atoms with Gasteiger partial charge in [-0.05, 0) is 12.5 Å². The summed E-state index contributed by atoms with van der Waals surface area (Å²) in [6.07, 6.45) is 0.963. The molecule has 48 valence electrons. The molecule has 0 radical (unpaired) electrons. The number of aryl methyl sites for hydroxylation is 1. The van der Waals surface area contributed by atoms with Gasteiger partial charge in [0.1, 0.15) is 0 Å². The first-order valence-electron chi connectivity index (χ1n) is 2.96. The largest absolute Gasteiger partial charge is 0.760 e. The summed E-state index contributed by atoms with van der Waals surface area (Å²) in [7, 11) is 0. The van der Waals surface area contributed by atoms with Crippen LogP contribution < -0.4 is 0 Å². The fourth-order valence-corrected chi connectivity index (χ4v) is 0.850. The summed E-state index contributed by atoms with van der Waals surface area (Å²) in [4.78, 5) is 4.11. The topological polar surface area (TPSA) is 12.9 Å². The van der Waals surface area contributed by atoms with E-state index in [9.17, 15) is 0 Å². The maximum absolute atomic E-state index is 4.85. The molecule has 0 saturated heterocycles. The Balaban J connectivity index is 2.94. The van der Waals surface area contributed by atoms with Crippen LogP contribution in [-0.2, 0) is 19.0 Å². The summed E-state index contributed by atoms with van der Waals surface area (Å²) < 4.78 is 0. The molecule has 1 rings (SSSR count). The molecule has 0 aliphatic heterocycles. The molecule has 0 bridgehead atoms. The van der Waals surface area contributed by atoms with E-state index < -0.39 is 0 Å². The van der Waals surface area contributed by atoms with Gasteiger partial charge in [-0.2, -0.15) is 0 Å². The van der Waals surface area contributed by atoms with Crippen molar-refractivity contribution < 1.29 is 0 Å². The maximum atomic E-state index is 4.85. The highest BCUT2D eigenvalue weighted by Gasteiger charge is 1.83. The van der Waals surface area contributed by atoms with E-state index in [1.807, 2.05) is 18.2 Å². The molecule has 9 heavy (non-hydrogen) atoms. The van der Waals surface area contributed by atoms with Gasteiger partial charge in [0.05, 0.1) is 0 Å². The summed E-state index contributed by atoms with van der Waals surface area (Å²) >= 11 is 4.85.